The van der Waals surface area contributed by atoms with Crippen LogP contribution >= 0.6 is 0 Å². The Hall–Kier alpha value is -2.46. The molecular weight excluding hydrogens is 377 g/mol. The summed E-state index contributed by atoms with van der Waals surface area (Å²) in [6.07, 6.45) is -3.16. The van der Waals surface area contributed by atoms with Crippen LogP contribution in [-0.4, -0.2) is 70.4 Å². The number of alkyl halides is 3. The molecule has 154 valence electrons. The molecule has 1 saturated heterocycles. The minimum Gasteiger partial charge on any atom is -0.475 e. The van der Waals surface area contributed by atoms with E-state index >= 15 is 0 Å². The number of likely N-dealkylation sites (N-methyl/N-ethyl adjacent to an activating group) is 1. The predicted octanol–water partition coefficient (Wildman–Crippen LogP) is 2.43. The molecule has 2 aromatic rings. The molecule has 0 bridgehead atoms. The zero-order chi connectivity index (χ0) is 20.6. The lowest BCUT2D eigenvalue weighted by molar-refractivity contribution is -0.192. The molecule has 0 atom stereocenters. The molecule has 0 amide bonds. The van der Waals surface area contributed by atoms with E-state index in [1.807, 2.05) is 18.2 Å². The number of hydrogen-bond acceptors (Lipinski definition) is 6. The van der Waals surface area contributed by atoms with E-state index in [-0.39, 0.29) is 0 Å². The van der Waals surface area contributed by atoms with Crippen LogP contribution in [0.3, 0.4) is 0 Å². The maximum Gasteiger partial charge on any atom is 0.490 e. The zero-order valence-electron chi connectivity index (χ0n) is 15.5. The Labute approximate surface area is 160 Å². The van der Waals surface area contributed by atoms with Crippen molar-refractivity contribution in [1.29, 1.82) is 0 Å². The fourth-order valence-electron chi connectivity index (χ4n) is 2.65. The number of aromatic nitrogens is 2. The fourth-order valence-corrected chi connectivity index (χ4v) is 2.65. The van der Waals surface area contributed by atoms with Gasteiger partial charge < -0.3 is 14.5 Å². The molecule has 28 heavy (non-hydrogen) atoms. The maximum atomic E-state index is 10.6. The predicted molar refractivity (Wildman–Crippen MR) is 94.6 cm³/mol. The first-order valence-electron chi connectivity index (χ1n) is 8.80. The first-order chi connectivity index (χ1) is 13.2. The van der Waals surface area contributed by atoms with Crippen molar-refractivity contribution in [2.24, 2.45) is 0 Å². The van der Waals surface area contributed by atoms with Gasteiger partial charge in [0.05, 0.1) is 6.54 Å². The molecular formula is C18H23F3N4O3. The van der Waals surface area contributed by atoms with E-state index in [1.165, 1.54) is 18.5 Å². The number of aliphatic carboxylic acids is 1. The number of halogens is 3. The number of rotatable bonds is 4. The van der Waals surface area contributed by atoms with E-state index in [4.69, 9.17) is 14.4 Å². The van der Waals surface area contributed by atoms with Crippen LogP contribution in [0.1, 0.15) is 23.7 Å². The summed E-state index contributed by atoms with van der Waals surface area (Å²) in [5.74, 6) is -1.26. The molecule has 2 heterocycles. The molecule has 10 heteroatoms. The Morgan fingerprint density at radius 2 is 1.86 bits per heavy atom. The van der Waals surface area contributed by atoms with Crippen molar-refractivity contribution in [2.45, 2.75) is 25.6 Å². The number of carbonyl (C=O) groups is 1. The minimum atomic E-state index is -5.08. The summed E-state index contributed by atoms with van der Waals surface area (Å²) in [5, 5.41) is 11.2. The van der Waals surface area contributed by atoms with Crippen LogP contribution in [0.25, 0.3) is 0 Å². The lowest BCUT2D eigenvalue weighted by Crippen LogP contribution is -2.28. The lowest BCUT2D eigenvalue weighted by Gasteiger charge is -2.17. The molecule has 1 aromatic heterocycles. The second-order valence-electron chi connectivity index (χ2n) is 6.50. The lowest BCUT2D eigenvalue weighted by atomic mass is 10.1. The average Bonchev–Trinajstić information content (AvgIpc) is 2.96. The third kappa shape index (κ3) is 7.65. The Kier molecular flexibility index (Phi) is 7.94. The normalized spacial score (nSPS) is 16.1. The van der Waals surface area contributed by atoms with Gasteiger partial charge in [-0.05, 0) is 32.1 Å². The van der Waals surface area contributed by atoms with Crippen molar-refractivity contribution >= 4 is 5.97 Å². The Morgan fingerprint density at radius 1 is 1.18 bits per heavy atom. The molecule has 1 aliphatic heterocycles. The van der Waals surface area contributed by atoms with Crippen LogP contribution in [0.4, 0.5) is 13.2 Å². The molecule has 1 N–H and O–H groups in total. The smallest absolute Gasteiger partial charge is 0.475 e. The molecule has 0 spiro atoms. The number of carboxylic acid groups (broad SMARTS) is 1. The molecule has 0 radical (unpaired) electrons. The van der Waals surface area contributed by atoms with Gasteiger partial charge in [-0.1, -0.05) is 35.5 Å². The van der Waals surface area contributed by atoms with Crippen molar-refractivity contribution in [3.8, 4) is 0 Å². The van der Waals surface area contributed by atoms with E-state index in [0.717, 1.165) is 44.3 Å². The molecule has 7 nitrogen and oxygen atoms in total. The highest BCUT2D eigenvalue weighted by Crippen LogP contribution is 2.13. The standard InChI is InChI=1S/C16H22N4O.C2HF3O2/c1-19-8-5-9-20(11-10-19)13-16-17-15(18-21-16)12-14-6-3-2-4-7-14;3-2(4,5)1(6)7/h2-4,6-7H,5,8-13H2,1H3;(H,6,7). The number of nitrogens with zero attached hydrogens (tertiary/aromatic N) is 4. The van der Waals surface area contributed by atoms with Gasteiger partial charge in [-0.2, -0.15) is 18.2 Å². The molecule has 0 saturated carbocycles. The van der Waals surface area contributed by atoms with Crippen LogP contribution in [0.5, 0.6) is 0 Å². The summed E-state index contributed by atoms with van der Waals surface area (Å²) in [5.41, 5.74) is 1.21. The first-order valence-corrected chi connectivity index (χ1v) is 8.80. The van der Waals surface area contributed by atoms with E-state index < -0.39 is 12.1 Å². The molecule has 1 fully saturated rings. The third-order valence-corrected chi connectivity index (χ3v) is 4.13. The molecule has 0 aliphatic carbocycles. The fraction of sp³-hybridized carbons (Fsp3) is 0.500. The van der Waals surface area contributed by atoms with Crippen molar-refractivity contribution in [2.75, 3.05) is 33.2 Å². The van der Waals surface area contributed by atoms with E-state index in [1.54, 1.807) is 0 Å². The van der Waals surface area contributed by atoms with E-state index in [2.05, 4.69) is 39.1 Å². The summed E-state index contributed by atoms with van der Waals surface area (Å²) in [6, 6.07) is 10.2. The van der Waals surface area contributed by atoms with Crippen LogP contribution in [0.15, 0.2) is 34.9 Å². The molecule has 3 rings (SSSR count). The summed E-state index contributed by atoms with van der Waals surface area (Å²) < 4.78 is 37.1. The summed E-state index contributed by atoms with van der Waals surface area (Å²) >= 11 is 0. The molecule has 1 aromatic carbocycles. The highest BCUT2D eigenvalue weighted by molar-refractivity contribution is 5.73. The van der Waals surface area contributed by atoms with Crippen molar-refractivity contribution in [3.05, 3.63) is 47.6 Å². The van der Waals surface area contributed by atoms with Gasteiger partial charge in [0.2, 0.25) is 5.89 Å². The minimum absolute atomic E-state index is 0.727. The van der Waals surface area contributed by atoms with Gasteiger partial charge >= 0.3 is 12.1 Å². The zero-order valence-corrected chi connectivity index (χ0v) is 15.5. The van der Waals surface area contributed by atoms with Gasteiger partial charge in [0.1, 0.15) is 0 Å². The SMILES string of the molecule is CN1CCCN(Cc2nc(Cc3ccccc3)no2)CC1.O=C(O)C(F)(F)F. The molecule has 0 unspecified atom stereocenters. The topological polar surface area (TPSA) is 82.7 Å². The van der Waals surface area contributed by atoms with Gasteiger partial charge in [0.15, 0.2) is 5.82 Å². The Bertz CT molecular complexity index is 737. The van der Waals surface area contributed by atoms with E-state index in [9.17, 15) is 13.2 Å². The summed E-state index contributed by atoms with van der Waals surface area (Å²) in [6.45, 7) is 5.19. The monoisotopic (exact) mass is 400 g/mol. The van der Waals surface area contributed by atoms with E-state index in [0.29, 0.717) is 0 Å². The van der Waals surface area contributed by atoms with Gasteiger partial charge in [0.25, 0.3) is 0 Å². The number of carboxylic acids is 1. The summed E-state index contributed by atoms with van der Waals surface area (Å²) in [4.78, 5) is 18.2. The van der Waals surface area contributed by atoms with Gasteiger partial charge in [-0.25, -0.2) is 4.79 Å². The number of benzene rings is 1. The Morgan fingerprint density at radius 3 is 2.50 bits per heavy atom. The third-order valence-electron chi connectivity index (χ3n) is 4.13. The number of hydrogen-bond donors (Lipinski definition) is 1. The Balaban J connectivity index is 0.000000345. The van der Waals surface area contributed by atoms with Gasteiger partial charge in [-0.3, -0.25) is 4.90 Å². The first kappa shape index (κ1) is 21.8. The van der Waals surface area contributed by atoms with Crippen LogP contribution in [0.2, 0.25) is 0 Å². The summed E-state index contributed by atoms with van der Waals surface area (Å²) in [7, 11) is 2.17. The highest BCUT2D eigenvalue weighted by atomic mass is 19.4. The van der Waals surface area contributed by atoms with Gasteiger partial charge in [-0.15, -0.1) is 0 Å². The van der Waals surface area contributed by atoms with Crippen LogP contribution < -0.4 is 0 Å². The molecule has 1 aliphatic rings. The van der Waals surface area contributed by atoms with Crippen molar-refractivity contribution in [1.82, 2.24) is 19.9 Å². The highest BCUT2D eigenvalue weighted by Gasteiger charge is 2.38. The largest absolute Gasteiger partial charge is 0.490 e. The van der Waals surface area contributed by atoms with Crippen molar-refractivity contribution in [3.63, 3.8) is 0 Å². The second kappa shape index (κ2) is 10.2. The average molecular weight is 400 g/mol. The van der Waals surface area contributed by atoms with Gasteiger partial charge in [0, 0.05) is 19.5 Å². The second-order valence-corrected chi connectivity index (χ2v) is 6.50. The van der Waals surface area contributed by atoms with Crippen LogP contribution in [-0.2, 0) is 17.8 Å². The quantitative estimate of drug-likeness (QED) is 0.844. The maximum absolute atomic E-state index is 10.6. The van der Waals surface area contributed by atoms with Crippen LogP contribution in [0, 0.1) is 0 Å². The van der Waals surface area contributed by atoms with Crippen molar-refractivity contribution < 1.29 is 27.6 Å².